The van der Waals surface area contributed by atoms with Gasteiger partial charge in [0.05, 0.1) is 13.0 Å². The van der Waals surface area contributed by atoms with Gasteiger partial charge in [-0.2, -0.15) is 0 Å². The van der Waals surface area contributed by atoms with E-state index in [0.717, 1.165) is 5.56 Å². The van der Waals surface area contributed by atoms with E-state index in [9.17, 15) is 14.4 Å². The summed E-state index contributed by atoms with van der Waals surface area (Å²) in [4.78, 5) is 34.4. The van der Waals surface area contributed by atoms with Gasteiger partial charge in [0.25, 0.3) is 5.91 Å². The summed E-state index contributed by atoms with van der Waals surface area (Å²) >= 11 is 0. The van der Waals surface area contributed by atoms with Crippen molar-refractivity contribution >= 4 is 17.7 Å². The van der Waals surface area contributed by atoms with Crippen LogP contribution in [0, 0.1) is 5.92 Å². The lowest BCUT2D eigenvalue weighted by atomic mass is 10.1. The first-order valence-corrected chi connectivity index (χ1v) is 6.85. The van der Waals surface area contributed by atoms with Crippen LogP contribution in [0.15, 0.2) is 30.3 Å². The van der Waals surface area contributed by atoms with E-state index in [1.165, 1.54) is 0 Å². The van der Waals surface area contributed by atoms with E-state index in [1.54, 1.807) is 0 Å². The van der Waals surface area contributed by atoms with Gasteiger partial charge in [-0.25, -0.2) is 0 Å². The van der Waals surface area contributed by atoms with E-state index in [2.05, 4.69) is 16.2 Å². The highest BCUT2D eigenvalue weighted by Gasteiger charge is 2.08. The van der Waals surface area contributed by atoms with Crippen LogP contribution in [0.3, 0.4) is 0 Å². The molecule has 0 aliphatic heterocycles. The van der Waals surface area contributed by atoms with Gasteiger partial charge in [0.15, 0.2) is 0 Å². The summed E-state index contributed by atoms with van der Waals surface area (Å²) in [5.74, 6) is -0.750. The van der Waals surface area contributed by atoms with Crippen molar-refractivity contribution < 1.29 is 14.4 Å². The van der Waals surface area contributed by atoms with Gasteiger partial charge >= 0.3 is 0 Å². The molecule has 0 heterocycles. The second-order valence-corrected chi connectivity index (χ2v) is 5.13. The van der Waals surface area contributed by atoms with Gasteiger partial charge in [-0.3, -0.25) is 25.2 Å². The predicted molar refractivity (Wildman–Crippen MR) is 78.9 cm³/mol. The fourth-order valence-corrected chi connectivity index (χ4v) is 1.63. The molecule has 1 rings (SSSR count). The maximum Gasteiger partial charge on any atom is 0.257 e. The highest BCUT2D eigenvalue weighted by Crippen LogP contribution is 1.99. The minimum Gasteiger partial charge on any atom is -0.347 e. The van der Waals surface area contributed by atoms with E-state index in [0.29, 0.717) is 6.42 Å². The van der Waals surface area contributed by atoms with Crippen molar-refractivity contribution in [3.05, 3.63) is 35.9 Å². The molecule has 114 valence electrons. The molecule has 0 aliphatic carbocycles. The minimum absolute atomic E-state index is 0.173. The molecule has 0 aliphatic rings. The van der Waals surface area contributed by atoms with Gasteiger partial charge in [0.1, 0.15) is 0 Å². The van der Waals surface area contributed by atoms with Gasteiger partial charge in [-0.1, -0.05) is 44.2 Å². The maximum absolute atomic E-state index is 11.6. The largest absolute Gasteiger partial charge is 0.347 e. The Labute approximate surface area is 124 Å². The summed E-state index contributed by atoms with van der Waals surface area (Å²) in [7, 11) is 0. The van der Waals surface area contributed by atoms with Crippen LogP contribution in [-0.2, 0) is 20.8 Å². The summed E-state index contributed by atoms with van der Waals surface area (Å²) < 4.78 is 0. The van der Waals surface area contributed by atoms with Crippen LogP contribution in [-0.4, -0.2) is 24.3 Å². The normalized spacial score (nSPS) is 10.0. The average molecular weight is 291 g/mol. The number of hydrazine groups is 1. The Kier molecular flexibility index (Phi) is 6.94. The molecule has 0 spiro atoms. The summed E-state index contributed by atoms with van der Waals surface area (Å²) in [6.07, 6.45) is 0.550. The van der Waals surface area contributed by atoms with Crippen LogP contribution in [0.25, 0.3) is 0 Å². The molecule has 0 atom stereocenters. The average Bonchev–Trinajstić information content (AvgIpc) is 2.43. The number of carbonyl (C=O) groups is 3. The Hall–Kier alpha value is -2.37. The zero-order valence-electron chi connectivity index (χ0n) is 12.3. The van der Waals surface area contributed by atoms with Crippen molar-refractivity contribution in [2.24, 2.45) is 5.92 Å². The van der Waals surface area contributed by atoms with Crippen molar-refractivity contribution in [2.45, 2.75) is 26.7 Å². The highest BCUT2D eigenvalue weighted by atomic mass is 16.2. The molecule has 21 heavy (non-hydrogen) atoms. The van der Waals surface area contributed by atoms with Crippen molar-refractivity contribution in [2.75, 3.05) is 6.54 Å². The first-order valence-electron chi connectivity index (χ1n) is 6.85. The van der Waals surface area contributed by atoms with E-state index >= 15 is 0 Å². The molecule has 6 heteroatoms. The SMILES string of the molecule is CC(C)CC(=O)NNC(=O)CNC(=O)Cc1ccccc1. The third kappa shape index (κ3) is 7.71. The molecule has 6 nitrogen and oxygen atoms in total. The Morgan fingerprint density at radius 2 is 1.57 bits per heavy atom. The molecule has 1 aromatic rings. The molecule has 0 aromatic heterocycles. The second-order valence-electron chi connectivity index (χ2n) is 5.13. The second kappa shape index (κ2) is 8.73. The molecular weight excluding hydrogens is 270 g/mol. The van der Waals surface area contributed by atoms with Crippen LogP contribution in [0.5, 0.6) is 0 Å². The molecule has 3 amide bonds. The minimum atomic E-state index is -0.464. The zero-order valence-corrected chi connectivity index (χ0v) is 12.3. The monoisotopic (exact) mass is 291 g/mol. The quantitative estimate of drug-likeness (QED) is 0.668. The summed E-state index contributed by atoms with van der Waals surface area (Å²) in [6, 6.07) is 9.24. The van der Waals surface area contributed by atoms with Gasteiger partial charge < -0.3 is 5.32 Å². The zero-order chi connectivity index (χ0) is 15.7. The van der Waals surface area contributed by atoms with E-state index < -0.39 is 5.91 Å². The summed E-state index contributed by atoms with van der Waals surface area (Å²) in [5.41, 5.74) is 5.43. The predicted octanol–water partition coefficient (Wildman–Crippen LogP) is 0.539. The van der Waals surface area contributed by atoms with Gasteiger partial charge in [0.2, 0.25) is 11.8 Å². The molecule has 0 bridgehead atoms. The Bertz CT molecular complexity index is 486. The molecule has 0 saturated carbocycles. The van der Waals surface area contributed by atoms with Crippen molar-refractivity contribution in [1.29, 1.82) is 0 Å². The number of hydrogen-bond acceptors (Lipinski definition) is 3. The summed E-state index contributed by atoms with van der Waals surface area (Å²) in [6.45, 7) is 3.64. The van der Waals surface area contributed by atoms with Crippen LogP contribution in [0.2, 0.25) is 0 Å². The van der Waals surface area contributed by atoms with Crippen molar-refractivity contribution in [1.82, 2.24) is 16.2 Å². The van der Waals surface area contributed by atoms with Crippen LogP contribution in [0.1, 0.15) is 25.8 Å². The number of benzene rings is 1. The number of carbonyl (C=O) groups excluding carboxylic acids is 3. The third-order valence-electron chi connectivity index (χ3n) is 2.59. The lowest BCUT2D eigenvalue weighted by Gasteiger charge is -2.09. The van der Waals surface area contributed by atoms with Crippen LogP contribution < -0.4 is 16.2 Å². The Morgan fingerprint density at radius 1 is 0.952 bits per heavy atom. The molecular formula is C15H21N3O3. The number of hydrogen-bond donors (Lipinski definition) is 3. The lowest BCUT2D eigenvalue weighted by molar-refractivity contribution is -0.130. The third-order valence-corrected chi connectivity index (χ3v) is 2.59. The van der Waals surface area contributed by atoms with Crippen molar-refractivity contribution in [3.63, 3.8) is 0 Å². The number of amides is 3. The number of rotatable bonds is 6. The van der Waals surface area contributed by atoms with Crippen LogP contribution >= 0.6 is 0 Å². The first kappa shape index (κ1) is 16.7. The smallest absolute Gasteiger partial charge is 0.257 e. The van der Waals surface area contributed by atoms with E-state index in [4.69, 9.17) is 0 Å². The first-order chi connectivity index (χ1) is 9.97. The topological polar surface area (TPSA) is 87.3 Å². The van der Waals surface area contributed by atoms with E-state index in [-0.39, 0.29) is 30.7 Å². The molecule has 0 saturated heterocycles. The van der Waals surface area contributed by atoms with E-state index in [1.807, 2.05) is 44.2 Å². The summed E-state index contributed by atoms with van der Waals surface area (Å²) in [5, 5.41) is 2.49. The Balaban J connectivity index is 2.21. The fourth-order valence-electron chi connectivity index (χ4n) is 1.63. The molecule has 0 fully saturated rings. The maximum atomic E-state index is 11.6. The standard InChI is InChI=1S/C15H21N3O3/c1-11(2)8-14(20)17-18-15(21)10-16-13(19)9-12-6-4-3-5-7-12/h3-7,11H,8-10H2,1-2H3,(H,16,19)(H,17,20)(H,18,21). The molecule has 3 N–H and O–H groups in total. The highest BCUT2D eigenvalue weighted by molar-refractivity contribution is 5.87. The molecule has 0 radical (unpaired) electrons. The van der Waals surface area contributed by atoms with Gasteiger partial charge in [-0.05, 0) is 11.5 Å². The van der Waals surface area contributed by atoms with Crippen molar-refractivity contribution in [3.8, 4) is 0 Å². The fraction of sp³-hybridized carbons (Fsp3) is 0.400. The van der Waals surface area contributed by atoms with Gasteiger partial charge in [-0.15, -0.1) is 0 Å². The number of nitrogens with one attached hydrogen (secondary N) is 3. The van der Waals surface area contributed by atoms with Gasteiger partial charge in [0, 0.05) is 6.42 Å². The lowest BCUT2D eigenvalue weighted by Crippen LogP contribution is -2.46. The Morgan fingerprint density at radius 3 is 2.19 bits per heavy atom. The molecule has 1 aromatic carbocycles. The molecule has 0 unspecified atom stereocenters. The van der Waals surface area contributed by atoms with Crippen LogP contribution in [0.4, 0.5) is 0 Å².